The highest BCUT2D eigenvalue weighted by molar-refractivity contribution is 6.05. The van der Waals surface area contributed by atoms with Crippen molar-refractivity contribution in [3.63, 3.8) is 0 Å². The quantitative estimate of drug-likeness (QED) is 0.736. The summed E-state index contributed by atoms with van der Waals surface area (Å²) in [4.78, 5) is 25.4. The fourth-order valence-electron chi connectivity index (χ4n) is 3.81. The Morgan fingerprint density at radius 3 is 2.62 bits per heavy atom. The molecule has 8 heteroatoms. The van der Waals surface area contributed by atoms with Crippen molar-refractivity contribution in [3.8, 4) is 11.3 Å². The van der Waals surface area contributed by atoms with Gasteiger partial charge >= 0.3 is 0 Å². The Kier molecular flexibility index (Phi) is 4.70. The van der Waals surface area contributed by atoms with Gasteiger partial charge in [-0.1, -0.05) is 0 Å². The fraction of sp³-hybridized carbons (Fsp3) is 0.333. The van der Waals surface area contributed by atoms with Crippen molar-refractivity contribution in [2.75, 3.05) is 22.2 Å². The maximum absolute atomic E-state index is 12.6. The molecule has 1 aliphatic heterocycles. The first kappa shape index (κ1) is 18.9. The molecule has 3 heterocycles. The number of fused-ring (bicyclic) bond motifs is 1. The number of hydrogen-bond acceptors (Lipinski definition) is 6. The minimum atomic E-state index is -0.215. The lowest BCUT2D eigenvalue weighted by Gasteiger charge is -2.42. The number of amides is 1. The van der Waals surface area contributed by atoms with E-state index in [4.69, 9.17) is 0 Å². The van der Waals surface area contributed by atoms with Crippen LogP contribution in [0, 0.1) is 0 Å². The second kappa shape index (κ2) is 7.20. The minimum absolute atomic E-state index is 0.0967. The third-order valence-corrected chi connectivity index (χ3v) is 5.19. The van der Waals surface area contributed by atoms with Gasteiger partial charge < -0.3 is 15.1 Å². The topological polar surface area (TPSA) is 79.2 Å². The Balaban J connectivity index is 1.67. The molecule has 0 spiro atoms. The molecule has 3 aromatic rings. The number of rotatable bonds is 4. The summed E-state index contributed by atoms with van der Waals surface area (Å²) in [5.41, 5.74) is 4.52. The molecule has 0 radical (unpaired) electrons. The van der Waals surface area contributed by atoms with Crippen LogP contribution in [0.1, 0.15) is 20.8 Å². The Labute approximate surface area is 170 Å². The molecule has 2 aromatic heterocycles. The Bertz CT molecular complexity index is 1060. The number of hydrogen-bond donors (Lipinski definition) is 1. The molecule has 1 atom stereocenters. The van der Waals surface area contributed by atoms with Crippen LogP contribution in [0.4, 0.5) is 23.0 Å². The van der Waals surface area contributed by atoms with Gasteiger partial charge in [-0.25, -0.2) is 9.97 Å². The summed E-state index contributed by atoms with van der Waals surface area (Å²) in [6, 6.07) is 7.79. The number of aromatic nitrogens is 4. The molecule has 0 aliphatic carbocycles. The van der Waals surface area contributed by atoms with Gasteiger partial charge in [0.1, 0.15) is 6.04 Å². The van der Waals surface area contributed by atoms with E-state index >= 15 is 0 Å². The van der Waals surface area contributed by atoms with Gasteiger partial charge in [-0.15, -0.1) is 0 Å². The predicted molar refractivity (Wildman–Crippen MR) is 114 cm³/mol. The SMILES string of the molecule is CC(C)N1c2cc(Nc3nccc(-c4cnn(C)c4)n3)ccc2N(C)C(=O)C1C. The molecular weight excluding hydrogens is 366 g/mol. The van der Waals surface area contributed by atoms with Crippen molar-refractivity contribution in [3.05, 3.63) is 42.9 Å². The molecule has 0 bridgehead atoms. The van der Waals surface area contributed by atoms with Gasteiger partial charge in [-0.3, -0.25) is 9.48 Å². The van der Waals surface area contributed by atoms with Crippen molar-refractivity contribution in [1.29, 1.82) is 0 Å². The van der Waals surface area contributed by atoms with E-state index in [1.165, 1.54) is 0 Å². The van der Waals surface area contributed by atoms with Crippen LogP contribution in [0.15, 0.2) is 42.9 Å². The molecule has 1 aromatic carbocycles. The maximum atomic E-state index is 12.6. The van der Waals surface area contributed by atoms with E-state index in [2.05, 4.69) is 45.2 Å². The van der Waals surface area contributed by atoms with Gasteiger partial charge in [0.2, 0.25) is 11.9 Å². The second-order valence-corrected chi connectivity index (χ2v) is 7.57. The van der Waals surface area contributed by atoms with E-state index in [0.29, 0.717) is 5.95 Å². The molecule has 150 valence electrons. The summed E-state index contributed by atoms with van der Waals surface area (Å²) in [7, 11) is 3.70. The van der Waals surface area contributed by atoms with Gasteiger partial charge in [0.05, 0.1) is 23.3 Å². The first-order valence-electron chi connectivity index (χ1n) is 9.64. The molecule has 29 heavy (non-hydrogen) atoms. The van der Waals surface area contributed by atoms with Crippen molar-refractivity contribution in [2.24, 2.45) is 7.05 Å². The normalized spacial score (nSPS) is 16.3. The van der Waals surface area contributed by atoms with Gasteiger partial charge in [0, 0.05) is 43.8 Å². The number of likely N-dealkylation sites (N-methyl/N-ethyl adjacent to an activating group) is 1. The Morgan fingerprint density at radius 1 is 1.14 bits per heavy atom. The summed E-state index contributed by atoms with van der Waals surface area (Å²) in [6.07, 6.45) is 5.42. The zero-order valence-corrected chi connectivity index (χ0v) is 17.3. The average Bonchev–Trinajstić information content (AvgIpc) is 3.13. The van der Waals surface area contributed by atoms with Crippen molar-refractivity contribution in [1.82, 2.24) is 19.7 Å². The number of carbonyl (C=O) groups is 1. The number of nitrogens with one attached hydrogen (secondary N) is 1. The highest BCUT2D eigenvalue weighted by Crippen LogP contribution is 2.39. The van der Waals surface area contributed by atoms with Gasteiger partial charge in [0.15, 0.2) is 0 Å². The first-order chi connectivity index (χ1) is 13.8. The zero-order valence-electron chi connectivity index (χ0n) is 17.3. The lowest BCUT2D eigenvalue weighted by molar-refractivity contribution is -0.119. The van der Waals surface area contributed by atoms with Crippen molar-refractivity contribution < 1.29 is 4.79 Å². The Morgan fingerprint density at radius 2 is 1.93 bits per heavy atom. The standard InChI is InChI=1S/C21H25N7O/c1-13(2)28-14(3)20(29)27(5)18-7-6-16(10-19(18)28)24-21-22-9-8-17(25-21)15-11-23-26(4)12-15/h6-14H,1-5H3,(H,22,24,25). The summed E-state index contributed by atoms with van der Waals surface area (Å²) < 4.78 is 1.74. The van der Waals surface area contributed by atoms with Crippen LogP contribution in [-0.4, -0.2) is 44.8 Å². The highest BCUT2D eigenvalue weighted by Gasteiger charge is 2.34. The molecule has 1 aliphatic rings. The molecule has 1 amide bonds. The number of carbonyl (C=O) groups excluding carboxylic acids is 1. The summed E-state index contributed by atoms with van der Waals surface area (Å²) in [5.74, 6) is 0.607. The number of nitrogens with zero attached hydrogens (tertiary/aromatic N) is 6. The van der Waals surface area contributed by atoms with Crippen LogP contribution < -0.4 is 15.1 Å². The molecule has 8 nitrogen and oxygen atoms in total. The average molecular weight is 391 g/mol. The Hall–Kier alpha value is -3.42. The lowest BCUT2D eigenvalue weighted by Crippen LogP contribution is -2.53. The van der Waals surface area contributed by atoms with Gasteiger partial charge in [-0.05, 0) is 45.0 Å². The van der Waals surface area contributed by atoms with Crippen LogP contribution in [0.3, 0.4) is 0 Å². The molecule has 0 saturated heterocycles. The lowest BCUT2D eigenvalue weighted by atomic mass is 10.0. The predicted octanol–water partition coefficient (Wildman–Crippen LogP) is 3.20. The summed E-state index contributed by atoms with van der Waals surface area (Å²) in [6.45, 7) is 6.14. The highest BCUT2D eigenvalue weighted by atomic mass is 16.2. The molecule has 0 saturated carbocycles. The van der Waals surface area contributed by atoms with Crippen LogP contribution in [0.5, 0.6) is 0 Å². The van der Waals surface area contributed by atoms with Crippen molar-refractivity contribution >= 4 is 28.9 Å². The number of benzene rings is 1. The number of aryl methyl sites for hydroxylation is 1. The largest absolute Gasteiger partial charge is 0.356 e. The van der Waals surface area contributed by atoms with E-state index in [-0.39, 0.29) is 18.0 Å². The summed E-state index contributed by atoms with van der Waals surface area (Å²) in [5, 5.41) is 7.49. The van der Waals surface area contributed by atoms with Crippen LogP contribution in [-0.2, 0) is 11.8 Å². The van der Waals surface area contributed by atoms with Crippen LogP contribution in [0.25, 0.3) is 11.3 Å². The van der Waals surface area contributed by atoms with Gasteiger partial charge in [-0.2, -0.15) is 5.10 Å². The second-order valence-electron chi connectivity index (χ2n) is 7.57. The van der Waals surface area contributed by atoms with Crippen LogP contribution >= 0.6 is 0 Å². The van der Waals surface area contributed by atoms with E-state index in [0.717, 1.165) is 28.3 Å². The maximum Gasteiger partial charge on any atom is 0.249 e. The molecule has 1 unspecified atom stereocenters. The number of anilines is 4. The van der Waals surface area contributed by atoms with E-state index in [1.807, 2.05) is 45.4 Å². The van der Waals surface area contributed by atoms with E-state index in [9.17, 15) is 4.79 Å². The molecular formula is C21H25N7O. The van der Waals surface area contributed by atoms with E-state index < -0.39 is 0 Å². The van der Waals surface area contributed by atoms with Crippen LogP contribution in [0.2, 0.25) is 0 Å². The molecule has 1 N–H and O–H groups in total. The first-order valence-corrected chi connectivity index (χ1v) is 9.64. The third kappa shape index (κ3) is 3.41. The summed E-state index contributed by atoms with van der Waals surface area (Å²) >= 11 is 0. The fourth-order valence-corrected chi connectivity index (χ4v) is 3.81. The monoisotopic (exact) mass is 391 g/mol. The van der Waals surface area contributed by atoms with Gasteiger partial charge in [0.25, 0.3) is 0 Å². The minimum Gasteiger partial charge on any atom is -0.356 e. The third-order valence-electron chi connectivity index (χ3n) is 5.19. The van der Waals surface area contributed by atoms with E-state index in [1.54, 1.807) is 22.0 Å². The van der Waals surface area contributed by atoms with Crippen molar-refractivity contribution in [2.45, 2.75) is 32.9 Å². The zero-order chi connectivity index (χ0) is 20.7. The smallest absolute Gasteiger partial charge is 0.249 e. The molecule has 0 fully saturated rings. The molecule has 4 rings (SSSR count).